The van der Waals surface area contributed by atoms with E-state index in [4.69, 9.17) is 0 Å². The zero-order chi connectivity index (χ0) is 13.8. The van der Waals surface area contributed by atoms with Crippen molar-refractivity contribution < 1.29 is 0 Å². The molecule has 2 fully saturated rings. The average Bonchev–Trinajstić information content (AvgIpc) is 2.38. The van der Waals surface area contributed by atoms with Crippen LogP contribution in [0.25, 0.3) is 0 Å². The third kappa shape index (κ3) is 4.39. The highest BCUT2D eigenvalue weighted by Gasteiger charge is 2.33. The number of hydrogen-bond acceptors (Lipinski definition) is 2. The average molecular weight is 284 g/mol. The lowest BCUT2D eigenvalue weighted by molar-refractivity contribution is 0.151. The summed E-state index contributed by atoms with van der Waals surface area (Å²) < 4.78 is 0. The molecule has 0 aliphatic heterocycles. The molecule has 0 radical (unpaired) electrons. The van der Waals surface area contributed by atoms with Gasteiger partial charge in [0.05, 0.1) is 0 Å². The van der Waals surface area contributed by atoms with Gasteiger partial charge in [0.25, 0.3) is 0 Å². The molecular weight excluding hydrogens is 250 g/mol. The predicted molar refractivity (Wildman–Crippen MR) is 87.8 cm³/mol. The van der Waals surface area contributed by atoms with Gasteiger partial charge in [0.1, 0.15) is 0 Å². The summed E-state index contributed by atoms with van der Waals surface area (Å²) in [6.45, 7) is 7.28. The number of nitrogens with one attached hydrogen (secondary N) is 1. The molecule has 5 atom stereocenters. The molecule has 2 heteroatoms. The van der Waals surface area contributed by atoms with Gasteiger partial charge in [-0.25, -0.2) is 0 Å². The minimum absolute atomic E-state index is 0.786. The molecule has 0 aromatic heterocycles. The Labute approximate surface area is 124 Å². The maximum atomic E-state index is 4.07. The van der Waals surface area contributed by atoms with Gasteiger partial charge in [-0.2, -0.15) is 11.8 Å². The number of thioether (sulfide) groups is 1. The lowest BCUT2D eigenvalue weighted by atomic mass is 9.73. The monoisotopic (exact) mass is 283 g/mol. The van der Waals surface area contributed by atoms with E-state index in [2.05, 4.69) is 44.1 Å². The molecule has 2 aliphatic rings. The Balaban J connectivity index is 1.90. The van der Waals surface area contributed by atoms with Crippen LogP contribution in [0.3, 0.4) is 0 Å². The van der Waals surface area contributed by atoms with Gasteiger partial charge in [0, 0.05) is 17.3 Å². The van der Waals surface area contributed by atoms with Gasteiger partial charge >= 0.3 is 0 Å². The number of hydrogen-bond donors (Lipinski definition) is 1. The zero-order valence-corrected chi connectivity index (χ0v) is 14.1. The first-order valence-corrected chi connectivity index (χ1v) is 9.67. The smallest absolute Gasteiger partial charge is 0.0103 e. The van der Waals surface area contributed by atoms with Crippen LogP contribution in [0.1, 0.15) is 65.7 Å². The van der Waals surface area contributed by atoms with Crippen LogP contribution >= 0.6 is 11.8 Å². The fraction of sp³-hybridized carbons (Fsp3) is 1.00. The minimum Gasteiger partial charge on any atom is -0.311 e. The minimum atomic E-state index is 0.786. The Morgan fingerprint density at radius 3 is 2.53 bits per heavy atom. The van der Waals surface area contributed by atoms with Crippen LogP contribution in [0.15, 0.2) is 0 Å². The van der Waals surface area contributed by atoms with Crippen molar-refractivity contribution in [1.82, 2.24) is 5.32 Å². The predicted octanol–water partition coefficient (Wildman–Crippen LogP) is 4.71. The summed E-state index contributed by atoms with van der Waals surface area (Å²) in [5.74, 6) is 2.67. The Morgan fingerprint density at radius 2 is 1.84 bits per heavy atom. The van der Waals surface area contributed by atoms with Gasteiger partial charge in [0.15, 0.2) is 0 Å². The summed E-state index contributed by atoms with van der Waals surface area (Å²) in [7, 11) is 0. The van der Waals surface area contributed by atoms with E-state index < -0.39 is 0 Å². The van der Waals surface area contributed by atoms with E-state index in [-0.39, 0.29) is 0 Å². The van der Waals surface area contributed by atoms with Crippen LogP contribution in [0, 0.1) is 17.8 Å². The zero-order valence-electron chi connectivity index (χ0n) is 13.3. The van der Waals surface area contributed by atoms with Crippen molar-refractivity contribution in [3.8, 4) is 0 Å². The molecule has 1 N–H and O–H groups in total. The van der Waals surface area contributed by atoms with E-state index in [1.807, 2.05) is 0 Å². The highest BCUT2D eigenvalue weighted by atomic mass is 32.2. The van der Waals surface area contributed by atoms with E-state index in [0.29, 0.717) is 0 Å². The fourth-order valence-corrected chi connectivity index (χ4v) is 5.03. The molecule has 1 nitrogen and oxygen atoms in total. The van der Waals surface area contributed by atoms with Gasteiger partial charge in [-0.15, -0.1) is 0 Å². The second-order valence-corrected chi connectivity index (χ2v) is 8.46. The molecule has 0 spiro atoms. The maximum Gasteiger partial charge on any atom is 0.0103 e. The van der Waals surface area contributed by atoms with Gasteiger partial charge in [-0.3, -0.25) is 0 Å². The summed E-state index contributed by atoms with van der Waals surface area (Å²) in [4.78, 5) is 0. The third-order valence-electron chi connectivity index (χ3n) is 5.43. The van der Waals surface area contributed by atoms with Crippen LogP contribution in [0.5, 0.6) is 0 Å². The van der Waals surface area contributed by atoms with Crippen LogP contribution in [0.4, 0.5) is 0 Å². The SMILES string of the molecule is CSC1CCCC(NC2CC(C)CCC2C(C)C)C1. The second-order valence-electron chi connectivity index (χ2n) is 7.32. The summed E-state index contributed by atoms with van der Waals surface area (Å²) in [5, 5.41) is 4.98. The molecule has 5 unspecified atom stereocenters. The van der Waals surface area contributed by atoms with Gasteiger partial charge in [-0.1, -0.05) is 33.6 Å². The molecule has 0 aromatic rings. The van der Waals surface area contributed by atoms with Crippen LogP contribution in [-0.4, -0.2) is 23.6 Å². The molecule has 19 heavy (non-hydrogen) atoms. The highest BCUT2D eigenvalue weighted by molar-refractivity contribution is 7.99. The summed E-state index contributed by atoms with van der Waals surface area (Å²) >= 11 is 2.08. The van der Waals surface area contributed by atoms with Crippen LogP contribution < -0.4 is 5.32 Å². The molecule has 112 valence electrons. The largest absolute Gasteiger partial charge is 0.311 e. The Hall–Kier alpha value is 0.310. The molecule has 2 aliphatic carbocycles. The van der Waals surface area contributed by atoms with E-state index >= 15 is 0 Å². The molecule has 0 aromatic carbocycles. The van der Waals surface area contributed by atoms with Crippen molar-refractivity contribution >= 4 is 11.8 Å². The topological polar surface area (TPSA) is 12.0 Å². The van der Waals surface area contributed by atoms with Crippen molar-refractivity contribution in [2.45, 2.75) is 83.1 Å². The van der Waals surface area contributed by atoms with Gasteiger partial charge in [0.2, 0.25) is 0 Å². The van der Waals surface area contributed by atoms with Crippen molar-refractivity contribution in [2.75, 3.05) is 6.26 Å². The van der Waals surface area contributed by atoms with Crippen molar-refractivity contribution in [1.29, 1.82) is 0 Å². The molecule has 0 bridgehead atoms. The second kappa shape index (κ2) is 7.36. The van der Waals surface area contributed by atoms with Crippen LogP contribution in [0.2, 0.25) is 0 Å². The van der Waals surface area contributed by atoms with E-state index in [1.165, 1.54) is 44.9 Å². The van der Waals surface area contributed by atoms with Crippen LogP contribution in [-0.2, 0) is 0 Å². The Bertz CT molecular complexity index is 266. The first-order valence-electron chi connectivity index (χ1n) is 8.39. The standard InChI is InChI=1S/C17H33NS/c1-12(2)16-9-8-13(3)10-17(16)18-14-6-5-7-15(11-14)19-4/h12-18H,5-11H2,1-4H3. The third-order valence-corrected chi connectivity index (χ3v) is 6.53. The Morgan fingerprint density at radius 1 is 1.05 bits per heavy atom. The van der Waals surface area contributed by atoms with Crippen molar-refractivity contribution in [3.05, 3.63) is 0 Å². The van der Waals surface area contributed by atoms with E-state index in [1.54, 1.807) is 0 Å². The first kappa shape index (κ1) is 15.7. The lowest BCUT2D eigenvalue weighted by Crippen LogP contribution is -2.49. The Kier molecular flexibility index (Phi) is 6.08. The molecule has 2 rings (SSSR count). The first-order chi connectivity index (χ1) is 9.10. The highest BCUT2D eigenvalue weighted by Crippen LogP contribution is 2.35. The summed E-state index contributed by atoms with van der Waals surface area (Å²) in [6, 6.07) is 1.58. The molecular formula is C17H33NS. The molecule has 0 saturated heterocycles. The summed E-state index contributed by atoms with van der Waals surface area (Å²) in [5.41, 5.74) is 0. The van der Waals surface area contributed by atoms with Crippen molar-refractivity contribution in [2.24, 2.45) is 17.8 Å². The molecule has 0 heterocycles. The fourth-order valence-electron chi connectivity index (χ4n) is 4.21. The number of rotatable bonds is 4. The summed E-state index contributed by atoms with van der Waals surface area (Å²) in [6.07, 6.45) is 12.2. The molecule has 0 amide bonds. The van der Waals surface area contributed by atoms with Crippen molar-refractivity contribution in [3.63, 3.8) is 0 Å². The van der Waals surface area contributed by atoms with E-state index in [9.17, 15) is 0 Å². The normalized spacial score (nSPS) is 40.6. The van der Waals surface area contributed by atoms with Gasteiger partial charge in [-0.05, 0) is 56.1 Å². The lowest BCUT2D eigenvalue weighted by Gasteiger charge is -2.41. The maximum absolute atomic E-state index is 4.07. The molecule has 2 saturated carbocycles. The van der Waals surface area contributed by atoms with E-state index in [0.717, 1.165) is 35.1 Å². The quantitative estimate of drug-likeness (QED) is 0.802. The van der Waals surface area contributed by atoms with Gasteiger partial charge < -0.3 is 5.32 Å².